The van der Waals surface area contributed by atoms with Gasteiger partial charge >= 0.3 is 0 Å². The highest BCUT2D eigenvalue weighted by Crippen LogP contribution is 2.15. The standard InChI is InChI=1S/C9H18O.C8H16O/c1-6(2)8(5)9(10)7(3)4;1-6(2)5-8(9)7(3)4/h6-8H,1-5H3;6-7H,5H2,1-4H3. The van der Waals surface area contributed by atoms with Crippen LogP contribution >= 0.6 is 0 Å². The van der Waals surface area contributed by atoms with Crippen LogP contribution in [0.1, 0.15) is 68.7 Å². The van der Waals surface area contributed by atoms with E-state index in [1.54, 1.807) is 0 Å². The van der Waals surface area contributed by atoms with Crippen LogP contribution in [0.25, 0.3) is 0 Å². The van der Waals surface area contributed by atoms with Crippen LogP contribution in [0.4, 0.5) is 0 Å². The molecule has 0 amide bonds. The Morgan fingerprint density at radius 2 is 1.16 bits per heavy atom. The smallest absolute Gasteiger partial charge is 0.138 e. The van der Waals surface area contributed by atoms with Crippen molar-refractivity contribution in [1.82, 2.24) is 0 Å². The first-order valence-corrected chi connectivity index (χ1v) is 7.57. The van der Waals surface area contributed by atoms with Crippen molar-refractivity contribution in [2.45, 2.75) is 68.7 Å². The number of carbonyl (C=O) groups excluding carboxylic acids is 2. The molecule has 0 fully saturated rings. The first-order chi connectivity index (χ1) is 8.50. The molecule has 1 unspecified atom stereocenters. The van der Waals surface area contributed by atoms with Crippen LogP contribution in [0.2, 0.25) is 0 Å². The van der Waals surface area contributed by atoms with Gasteiger partial charge in [0.2, 0.25) is 0 Å². The van der Waals surface area contributed by atoms with Gasteiger partial charge in [-0.1, -0.05) is 62.3 Å². The summed E-state index contributed by atoms with van der Waals surface area (Å²) in [5.41, 5.74) is 0. The Kier molecular flexibility index (Phi) is 11.1. The number of rotatable bonds is 6. The van der Waals surface area contributed by atoms with E-state index in [4.69, 9.17) is 0 Å². The Bertz CT molecular complexity index is 262. The van der Waals surface area contributed by atoms with Crippen LogP contribution < -0.4 is 0 Å². The molecule has 0 aliphatic carbocycles. The van der Waals surface area contributed by atoms with Gasteiger partial charge in [-0.25, -0.2) is 0 Å². The van der Waals surface area contributed by atoms with Gasteiger partial charge < -0.3 is 0 Å². The minimum absolute atomic E-state index is 0.192. The van der Waals surface area contributed by atoms with E-state index in [0.717, 1.165) is 6.42 Å². The van der Waals surface area contributed by atoms with E-state index < -0.39 is 0 Å². The van der Waals surface area contributed by atoms with Crippen molar-refractivity contribution in [1.29, 1.82) is 0 Å². The van der Waals surface area contributed by atoms with E-state index in [2.05, 4.69) is 27.7 Å². The molecule has 0 rings (SSSR count). The highest BCUT2D eigenvalue weighted by molar-refractivity contribution is 5.82. The normalized spacial score (nSPS) is 12.7. The quantitative estimate of drug-likeness (QED) is 0.697. The highest BCUT2D eigenvalue weighted by atomic mass is 16.1. The summed E-state index contributed by atoms with van der Waals surface area (Å²) >= 11 is 0. The molecule has 0 N–H and O–H groups in total. The number of hydrogen-bond acceptors (Lipinski definition) is 2. The van der Waals surface area contributed by atoms with Gasteiger partial charge in [0.25, 0.3) is 0 Å². The number of hydrogen-bond donors (Lipinski definition) is 0. The Morgan fingerprint density at radius 3 is 1.26 bits per heavy atom. The zero-order chi connectivity index (χ0) is 15.7. The number of carbonyl (C=O) groups is 2. The van der Waals surface area contributed by atoms with Crippen molar-refractivity contribution in [3.63, 3.8) is 0 Å². The molecule has 2 nitrogen and oxygen atoms in total. The van der Waals surface area contributed by atoms with E-state index in [-0.39, 0.29) is 17.8 Å². The third-order valence-corrected chi connectivity index (χ3v) is 3.27. The van der Waals surface area contributed by atoms with E-state index in [9.17, 15) is 9.59 Å². The maximum absolute atomic E-state index is 11.3. The average Bonchev–Trinajstić information content (AvgIpc) is 2.26. The molecule has 0 saturated carbocycles. The summed E-state index contributed by atoms with van der Waals surface area (Å²) in [6.45, 7) is 18.1. The predicted octanol–water partition coefficient (Wildman–Crippen LogP) is 4.76. The maximum Gasteiger partial charge on any atom is 0.138 e. The van der Waals surface area contributed by atoms with Gasteiger partial charge in [0.15, 0.2) is 0 Å². The molecule has 0 aromatic carbocycles. The number of Topliss-reactive ketones (excluding diaryl/α,β-unsaturated/α-hetero) is 2. The van der Waals surface area contributed by atoms with Crippen LogP contribution in [0.3, 0.4) is 0 Å². The number of ketones is 2. The lowest BCUT2D eigenvalue weighted by molar-refractivity contribution is -0.126. The summed E-state index contributed by atoms with van der Waals surface area (Å²) in [5.74, 6) is 2.39. The van der Waals surface area contributed by atoms with Crippen LogP contribution in [0.15, 0.2) is 0 Å². The van der Waals surface area contributed by atoms with Gasteiger partial charge in [0.05, 0.1) is 0 Å². The SMILES string of the molecule is CC(C)C(=O)C(C)C(C)C.CC(C)CC(=O)C(C)C. The Balaban J connectivity index is 0. The summed E-state index contributed by atoms with van der Waals surface area (Å²) in [6.07, 6.45) is 0.734. The first-order valence-electron chi connectivity index (χ1n) is 7.57. The average molecular weight is 270 g/mol. The maximum atomic E-state index is 11.3. The molecule has 0 aliphatic rings. The van der Waals surface area contributed by atoms with Gasteiger partial charge in [-0.2, -0.15) is 0 Å². The van der Waals surface area contributed by atoms with Crippen molar-refractivity contribution in [3.05, 3.63) is 0 Å². The summed E-state index contributed by atoms with van der Waals surface area (Å²) < 4.78 is 0. The third-order valence-electron chi connectivity index (χ3n) is 3.27. The Hall–Kier alpha value is -0.660. The molecule has 1 atom stereocenters. The second-order valence-electron chi connectivity index (χ2n) is 6.81. The molecule has 0 bridgehead atoms. The lowest BCUT2D eigenvalue weighted by Gasteiger charge is -2.15. The van der Waals surface area contributed by atoms with Gasteiger partial charge in [0.1, 0.15) is 11.6 Å². The van der Waals surface area contributed by atoms with Gasteiger partial charge in [0, 0.05) is 24.2 Å². The van der Waals surface area contributed by atoms with Crippen molar-refractivity contribution >= 4 is 11.6 Å². The predicted molar refractivity (Wildman–Crippen MR) is 83.1 cm³/mol. The fraction of sp³-hybridized carbons (Fsp3) is 0.882. The van der Waals surface area contributed by atoms with E-state index in [1.165, 1.54) is 0 Å². The fourth-order valence-corrected chi connectivity index (χ4v) is 1.49. The van der Waals surface area contributed by atoms with Crippen molar-refractivity contribution in [2.24, 2.45) is 29.6 Å². The Labute approximate surface area is 120 Å². The Morgan fingerprint density at radius 1 is 0.737 bits per heavy atom. The zero-order valence-corrected chi connectivity index (χ0v) is 14.4. The minimum Gasteiger partial charge on any atom is -0.299 e. The monoisotopic (exact) mass is 270 g/mol. The highest BCUT2D eigenvalue weighted by Gasteiger charge is 2.18. The lowest BCUT2D eigenvalue weighted by Crippen LogP contribution is -2.21. The molecule has 19 heavy (non-hydrogen) atoms. The molecule has 0 heterocycles. The molecule has 114 valence electrons. The molecule has 0 radical (unpaired) electrons. The molecule has 0 aliphatic heterocycles. The largest absolute Gasteiger partial charge is 0.299 e. The van der Waals surface area contributed by atoms with Crippen molar-refractivity contribution < 1.29 is 9.59 Å². The second-order valence-corrected chi connectivity index (χ2v) is 6.81. The molecule has 0 aromatic rings. The van der Waals surface area contributed by atoms with Crippen molar-refractivity contribution in [2.75, 3.05) is 0 Å². The van der Waals surface area contributed by atoms with E-state index in [0.29, 0.717) is 23.4 Å². The van der Waals surface area contributed by atoms with E-state index in [1.807, 2.05) is 34.6 Å². The molecule has 0 spiro atoms. The van der Waals surface area contributed by atoms with Crippen LogP contribution in [-0.2, 0) is 9.59 Å². The van der Waals surface area contributed by atoms with Crippen molar-refractivity contribution in [3.8, 4) is 0 Å². The zero-order valence-electron chi connectivity index (χ0n) is 14.4. The van der Waals surface area contributed by atoms with Crippen LogP contribution in [0, 0.1) is 29.6 Å². The second kappa shape index (κ2) is 10.2. The lowest BCUT2D eigenvalue weighted by atomic mass is 9.88. The summed E-state index contributed by atoms with van der Waals surface area (Å²) in [4.78, 5) is 22.2. The van der Waals surface area contributed by atoms with Crippen LogP contribution in [0.5, 0.6) is 0 Å². The third kappa shape index (κ3) is 10.9. The minimum atomic E-state index is 0.192. The van der Waals surface area contributed by atoms with Gasteiger partial charge in [-0.3, -0.25) is 9.59 Å². The summed E-state index contributed by atoms with van der Waals surface area (Å²) in [6, 6.07) is 0. The van der Waals surface area contributed by atoms with Gasteiger partial charge in [-0.05, 0) is 11.8 Å². The molecule has 0 saturated heterocycles. The van der Waals surface area contributed by atoms with Gasteiger partial charge in [-0.15, -0.1) is 0 Å². The molecule has 2 heteroatoms. The topological polar surface area (TPSA) is 34.1 Å². The first kappa shape index (κ1) is 20.7. The summed E-state index contributed by atoms with van der Waals surface area (Å²) in [5, 5.41) is 0. The van der Waals surface area contributed by atoms with E-state index >= 15 is 0 Å². The molecular weight excluding hydrogens is 236 g/mol. The van der Waals surface area contributed by atoms with Crippen LogP contribution in [-0.4, -0.2) is 11.6 Å². The molecular formula is C17H34O2. The fourth-order valence-electron chi connectivity index (χ4n) is 1.49. The molecule has 0 aromatic heterocycles. The summed E-state index contributed by atoms with van der Waals surface area (Å²) in [7, 11) is 0.